The molecule has 0 spiro atoms. The highest BCUT2D eigenvalue weighted by molar-refractivity contribution is 6.31. The highest BCUT2D eigenvalue weighted by atomic mass is 35.5. The van der Waals surface area contributed by atoms with Crippen molar-refractivity contribution in [1.29, 1.82) is 0 Å². The molecule has 22 heavy (non-hydrogen) atoms. The second-order valence-electron chi connectivity index (χ2n) is 5.30. The molecule has 4 rings (SSSR count). The molecular formula is C17H12ClN3O. The van der Waals surface area contributed by atoms with Crippen molar-refractivity contribution in [2.45, 2.75) is 6.92 Å². The van der Waals surface area contributed by atoms with Crippen LogP contribution in [0.2, 0.25) is 5.02 Å². The minimum atomic E-state index is -0.117. The number of H-pyrrole nitrogens is 1. The van der Waals surface area contributed by atoms with Gasteiger partial charge >= 0.3 is 0 Å². The second kappa shape index (κ2) is 4.71. The molecule has 0 radical (unpaired) electrons. The van der Waals surface area contributed by atoms with E-state index in [1.807, 2.05) is 43.3 Å². The number of aryl methyl sites for hydroxylation is 1. The molecular weight excluding hydrogens is 298 g/mol. The van der Waals surface area contributed by atoms with Crippen molar-refractivity contribution in [1.82, 2.24) is 14.8 Å². The number of nitrogens with zero attached hydrogens (tertiary/aromatic N) is 2. The Balaban J connectivity index is 2.07. The van der Waals surface area contributed by atoms with E-state index in [4.69, 9.17) is 11.6 Å². The van der Waals surface area contributed by atoms with Crippen LogP contribution in [0, 0.1) is 6.92 Å². The third-order valence-electron chi connectivity index (χ3n) is 3.78. The molecule has 0 aliphatic carbocycles. The summed E-state index contributed by atoms with van der Waals surface area (Å²) in [6, 6.07) is 13.2. The van der Waals surface area contributed by atoms with Crippen molar-refractivity contribution in [3.63, 3.8) is 0 Å². The first-order valence-electron chi connectivity index (χ1n) is 6.89. The lowest BCUT2D eigenvalue weighted by Gasteiger charge is -2.01. The summed E-state index contributed by atoms with van der Waals surface area (Å²) in [6.45, 7) is 2.01. The predicted octanol–water partition coefficient (Wildman–Crippen LogP) is 3.83. The second-order valence-corrected chi connectivity index (χ2v) is 5.73. The summed E-state index contributed by atoms with van der Waals surface area (Å²) in [6.07, 6.45) is 1.61. The molecule has 0 fully saturated rings. The van der Waals surface area contributed by atoms with Gasteiger partial charge in [0.2, 0.25) is 0 Å². The van der Waals surface area contributed by atoms with E-state index < -0.39 is 0 Å². The maximum absolute atomic E-state index is 12.6. The number of hydrogen-bond donors (Lipinski definition) is 1. The molecule has 0 unspecified atom stereocenters. The first kappa shape index (κ1) is 13.1. The van der Waals surface area contributed by atoms with Crippen LogP contribution in [-0.4, -0.2) is 14.8 Å². The SMILES string of the molecule is Cc1ccc(-n2[nH]c3c(cnc4ccc(Cl)cc43)c2=O)cc1. The Morgan fingerprint density at radius 2 is 1.86 bits per heavy atom. The van der Waals surface area contributed by atoms with Gasteiger partial charge in [0.25, 0.3) is 5.56 Å². The molecule has 0 aliphatic rings. The molecule has 0 amide bonds. The third kappa shape index (κ3) is 1.92. The number of benzene rings is 2. The van der Waals surface area contributed by atoms with Gasteiger partial charge < -0.3 is 0 Å². The average Bonchev–Trinajstić information content (AvgIpc) is 2.86. The Morgan fingerprint density at radius 1 is 1.09 bits per heavy atom. The van der Waals surface area contributed by atoms with E-state index in [1.54, 1.807) is 12.3 Å². The molecule has 1 N–H and O–H groups in total. The number of nitrogens with one attached hydrogen (secondary N) is 1. The predicted molar refractivity (Wildman–Crippen MR) is 88.9 cm³/mol. The number of rotatable bonds is 1. The van der Waals surface area contributed by atoms with Gasteiger partial charge in [0.1, 0.15) is 0 Å². The van der Waals surface area contributed by atoms with Crippen molar-refractivity contribution in [3.8, 4) is 5.69 Å². The topological polar surface area (TPSA) is 50.7 Å². The van der Waals surface area contributed by atoms with Crippen LogP contribution >= 0.6 is 11.6 Å². The highest BCUT2D eigenvalue weighted by Crippen LogP contribution is 2.24. The lowest BCUT2D eigenvalue weighted by molar-refractivity contribution is 0.864. The molecule has 0 bridgehead atoms. The zero-order valence-corrected chi connectivity index (χ0v) is 12.6. The Bertz CT molecular complexity index is 1060. The molecule has 0 aliphatic heterocycles. The quantitative estimate of drug-likeness (QED) is 0.581. The Hall–Kier alpha value is -2.59. The van der Waals surface area contributed by atoms with Gasteiger partial charge in [-0.25, -0.2) is 4.68 Å². The number of halogens is 1. The normalized spacial score (nSPS) is 11.4. The maximum atomic E-state index is 12.6. The van der Waals surface area contributed by atoms with Crippen LogP contribution in [0.1, 0.15) is 5.56 Å². The van der Waals surface area contributed by atoms with Crippen molar-refractivity contribution in [3.05, 3.63) is 69.6 Å². The van der Waals surface area contributed by atoms with Gasteiger partial charge in [-0.1, -0.05) is 29.3 Å². The van der Waals surface area contributed by atoms with E-state index in [-0.39, 0.29) is 5.56 Å². The molecule has 0 saturated carbocycles. The first-order valence-corrected chi connectivity index (χ1v) is 7.27. The van der Waals surface area contributed by atoms with Crippen LogP contribution in [0.4, 0.5) is 0 Å². The van der Waals surface area contributed by atoms with Crippen LogP contribution in [0.3, 0.4) is 0 Å². The molecule has 2 aromatic carbocycles. The van der Waals surface area contributed by atoms with Crippen LogP contribution in [-0.2, 0) is 0 Å². The molecule has 5 heteroatoms. The lowest BCUT2D eigenvalue weighted by Crippen LogP contribution is -2.14. The van der Waals surface area contributed by atoms with Gasteiger partial charge in [0.05, 0.1) is 22.1 Å². The summed E-state index contributed by atoms with van der Waals surface area (Å²) >= 11 is 6.07. The lowest BCUT2D eigenvalue weighted by atomic mass is 10.2. The fourth-order valence-electron chi connectivity index (χ4n) is 2.61. The number of aromatic nitrogens is 3. The molecule has 2 aromatic heterocycles. The van der Waals surface area contributed by atoms with Crippen molar-refractivity contribution >= 4 is 33.4 Å². The number of hydrogen-bond acceptors (Lipinski definition) is 2. The minimum Gasteiger partial charge on any atom is -0.290 e. The first-order chi connectivity index (χ1) is 10.6. The Kier molecular flexibility index (Phi) is 2.81. The van der Waals surface area contributed by atoms with Crippen LogP contribution in [0.25, 0.3) is 27.5 Å². The zero-order valence-electron chi connectivity index (χ0n) is 11.8. The van der Waals surface area contributed by atoms with Crippen molar-refractivity contribution in [2.24, 2.45) is 0 Å². The van der Waals surface area contributed by atoms with Crippen molar-refractivity contribution in [2.75, 3.05) is 0 Å². The molecule has 0 saturated heterocycles. The molecule has 4 aromatic rings. The van der Waals surface area contributed by atoms with E-state index in [0.29, 0.717) is 10.4 Å². The number of fused-ring (bicyclic) bond motifs is 3. The fraction of sp³-hybridized carbons (Fsp3) is 0.0588. The number of pyridine rings is 1. The highest BCUT2D eigenvalue weighted by Gasteiger charge is 2.12. The standard InChI is InChI=1S/C17H12ClN3O/c1-10-2-5-12(6-3-10)21-17(22)14-9-19-15-7-4-11(18)8-13(15)16(14)20-21/h2-9,20H,1H3. The molecule has 2 heterocycles. The van der Waals surface area contributed by atoms with Gasteiger partial charge in [-0.15, -0.1) is 0 Å². The van der Waals surface area contributed by atoms with Gasteiger partial charge in [-0.3, -0.25) is 14.9 Å². The number of aromatic amines is 1. The third-order valence-corrected chi connectivity index (χ3v) is 4.01. The summed E-state index contributed by atoms with van der Waals surface area (Å²) < 4.78 is 1.53. The largest absolute Gasteiger partial charge is 0.290 e. The van der Waals surface area contributed by atoms with Crippen LogP contribution in [0.5, 0.6) is 0 Å². The van der Waals surface area contributed by atoms with Crippen LogP contribution in [0.15, 0.2) is 53.5 Å². The summed E-state index contributed by atoms with van der Waals surface area (Å²) in [4.78, 5) is 16.9. The van der Waals surface area contributed by atoms with Gasteiger partial charge in [0.15, 0.2) is 0 Å². The summed E-state index contributed by atoms with van der Waals surface area (Å²) in [5.41, 5.74) is 3.37. The van der Waals surface area contributed by atoms with E-state index in [2.05, 4.69) is 10.1 Å². The fourth-order valence-corrected chi connectivity index (χ4v) is 2.78. The zero-order chi connectivity index (χ0) is 15.3. The Morgan fingerprint density at radius 3 is 2.64 bits per heavy atom. The van der Waals surface area contributed by atoms with E-state index in [9.17, 15) is 4.79 Å². The van der Waals surface area contributed by atoms with Gasteiger partial charge in [-0.05, 0) is 37.3 Å². The smallest absolute Gasteiger partial charge is 0.280 e. The van der Waals surface area contributed by atoms with E-state index in [1.165, 1.54) is 4.68 Å². The average molecular weight is 310 g/mol. The molecule has 108 valence electrons. The van der Waals surface area contributed by atoms with Crippen molar-refractivity contribution < 1.29 is 0 Å². The van der Waals surface area contributed by atoms with Crippen LogP contribution < -0.4 is 5.56 Å². The van der Waals surface area contributed by atoms with E-state index in [0.717, 1.165) is 27.7 Å². The van der Waals surface area contributed by atoms with Gasteiger partial charge in [-0.2, -0.15) is 0 Å². The van der Waals surface area contributed by atoms with E-state index >= 15 is 0 Å². The summed E-state index contributed by atoms with van der Waals surface area (Å²) in [5.74, 6) is 0. The summed E-state index contributed by atoms with van der Waals surface area (Å²) in [7, 11) is 0. The monoisotopic (exact) mass is 309 g/mol. The molecule has 4 nitrogen and oxygen atoms in total. The maximum Gasteiger partial charge on any atom is 0.280 e. The minimum absolute atomic E-state index is 0.117. The van der Waals surface area contributed by atoms with Gasteiger partial charge in [0, 0.05) is 16.6 Å². The molecule has 0 atom stereocenters. The Labute approximate surface area is 131 Å². The summed E-state index contributed by atoms with van der Waals surface area (Å²) in [5, 5.41) is 5.18.